The molecule has 9 nitrogen and oxygen atoms in total. The molecule has 184 valence electrons. The molecule has 0 spiro atoms. The second kappa shape index (κ2) is 11.9. The molecule has 0 bridgehead atoms. The lowest BCUT2D eigenvalue weighted by atomic mass is 10.2. The second-order valence-corrected chi connectivity index (χ2v) is 8.38. The second-order valence-electron chi connectivity index (χ2n) is 7.44. The van der Waals surface area contributed by atoms with Crippen molar-refractivity contribution in [3.63, 3.8) is 0 Å². The Morgan fingerprint density at radius 1 is 1.08 bits per heavy atom. The molecule has 0 atom stereocenters. The van der Waals surface area contributed by atoms with Crippen molar-refractivity contribution in [1.29, 1.82) is 0 Å². The van der Waals surface area contributed by atoms with E-state index in [1.165, 1.54) is 24.0 Å². The van der Waals surface area contributed by atoms with Crippen LogP contribution in [-0.2, 0) is 4.79 Å². The zero-order valence-corrected chi connectivity index (χ0v) is 20.6. The number of ether oxygens (including phenoxy) is 2. The average Bonchev–Trinajstić information content (AvgIpc) is 3.33. The number of hydrogen-bond acceptors (Lipinski definition) is 8. The maximum absolute atomic E-state index is 12.4. The highest BCUT2D eigenvalue weighted by Gasteiger charge is 2.17. The summed E-state index contributed by atoms with van der Waals surface area (Å²) in [6.45, 7) is 2.36. The number of amides is 1. The van der Waals surface area contributed by atoms with Gasteiger partial charge in [-0.15, -0.1) is 10.2 Å². The van der Waals surface area contributed by atoms with Crippen molar-refractivity contribution in [3.8, 4) is 34.3 Å². The Morgan fingerprint density at radius 3 is 2.53 bits per heavy atom. The van der Waals surface area contributed by atoms with E-state index in [2.05, 4.69) is 20.7 Å². The number of phenols is 1. The molecule has 0 unspecified atom stereocenters. The van der Waals surface area contributed by atoms with Gasteiger partial charge >= 0.3 is 0 Å². The normalized spacial score (nSPS) is 10.9. The number of benzene rings is 3. The lowest BCUT2D eigenvalue weighted by Crippen LogP contribution is -2.20. The number of phenolic OH excluding ortho intramolecular Hbond substituents is 1. The number of hydrazone groups is 1. The van der Waals surface area contributed by atoms with E-state index in [0.717, 1.165) is 17.0 Å². The van der Waals surface area contributed by atoms with Crippen LogP contribution in [0, 0.1) is 0 Å². The number of hydrogen-bond donors (Lipinski definition) is 2. The van der Waals surface area contributed by atoms with Gasteiger partial charge in [-0.2, -0.15) is 5.10 Å². The Kier molecular flexibility index (Phi) is 8.20. The van der Waals surface area contributed by atoms with Gasteiger partial charge < -0.3 is 14.6 Å². The third-order valence-corrected chi connectivity index (χ3v) is 5.96. The third-order valence-electron chi connectivity index (χ3n) is 5.03. The summed E-state index contributed by atoms with van der Waals surface area (Å²) >= 11 is 1.24. The number of carbonyl (C=O) groups excluding carboxylic acids is 1. The van der Waals surface area contributed by atoms with Crippen LogP contribution in [0.4, 0.5) is 0 Å². The Bertz CT molecular complexity index is 1340. The van der Waals surface area contributed by atoms with Crippen molar-refractivity contribution in [1.82, 2.24) is 20.2 Å². The first-order chi connectivity index (χ1) is 17.6. The minimum Gasteiger partial charge on any atom is -0.507 e. The van der Waals surface area contributed by atoms with Crippen LogP contribution in [-0.4, -0.2) is 51.5 Å². The Morgan fingerprint density at radius 2 is 1.83 bits per heavy atom. The number of aromatic nitrogens is 3. The molecule has 0 aliphatic rings. The smallest absolute Gasteiger partial charge is 0.250 e. The molecule has 1 aromatic heterocycles. The zero-order chi connectivity index (χ0) is 25.3. The lowest BCUT2D eigenvalue weighted by Gasteiger charge is -2.10. The van der Waals surface area contributed by atoms with E-state index in [-0.39, 0.29) is 17.4 Å². The fourth-order valence-corrected chi connectivity index (χ4v) is 4.07. The Balaban J connectivity index is 1.46. The van der Waals surface area contributed by atoms with Crippen molar-refractivity contribution in [2.45, 2.75) is 12.1 Å². The van der Waals surface area contributed by atoms with Gasteiger partial charge in [0.15, 0.2) is 11.0 Å². The average molecular weight is 504 g/mol. The Labute approximate surface area is 212 Å². The number of rotatable bonds is 10. The van der Waals surface area contributed by atoms with Crippen LogP contribution >= 0.6 is 11.8 Å². The van der Waals surface area contributed by atoms with Gasteiger partial charge in [-0.05, 0) is 55.5 Å². The van der Waals surface area contributed by atoms with Crippen LogP contribution in [0.2, 0.25) is 0 Å². The fraction of sp³-hybridized carbons (Fsp3) is 0.154. The van der Waals surface area contributed by atoms with E-state index in [0.29, 0.717) is 28.9 Å². The highest BCUT2D eigenvalue weighted by molar-refractivity contribution is 7.99. The first kappa shape index (κ1) is 24.8. The van der Waals surface area contributed by atoms with Gasteiger partial charge in [-0.3, -0.25) is 9.36 Å². The number of nitrogens with zero attached hydrogens (tertiary/aromatic N) is 4. The zero-order valence-electron chi connectivity index (χ0n) is 19.8. The number of thioether (sulfide) groups is 1. The van der Waals surface area contributed by atoms with E-state index in [9.17, 15) is 9.90 Å². The molecular formula is C26H25N5O4S. The molecule has 1 amide bonds. The van der Waals surface area contributed by atoms with Gasteiger partial charge in [0.2, 0.25) is 0 Å². The maximum Gasteiger partial charge on any atom is 0.250 e. The highest BCUT2D eigenvalue weighted by atomic mass is 32.2. The van der Waals surface area contributed by atoms with Crippen LogP contribution in [0.1, 0.15) is 12.5 Å². The topological polar surface area (TPSA) is 111 Å². The molecule has 1 heterocycles. The summed E-state index contributed by atoms with van der Waals surface area (Å²) in [5.74, 6) is 1.71. The summed E-state index contributed by atoms with van der Waals surface area (Å²) in [4.78, 5) is 12.4. The van der Waals surface area contributed by atoms with Crippen LogP contribution in [0.25, 0.3) is 17.1 Å². The fourth-order valence-electron chi connectivity index (χ4n) is 3.33. The van der Waals surface area contributed by atoms with E-state index in [1.54, 1.807) is 19.2 Å². The van der Waals surface area contributed by atoms with Crippen molar-refractivity contribution in [3.05, 3.63) is 78.4 Å². The summed E-state index contributed by atoms with van der Waals surface area (Å²) in [6.07, 6.45) is 1.38. The molecule has 0 fully saturated rings. The molecule has 2 N–H and O–H groups in total. The molecule has 0 aliphatic heterocycles. The number of para-hydroxylation sites is 1. The lowest BCUT2D eigenvalue weighted by molar-refractivity contribution is -0.118. The summed E-state index contributed by atoms with van der Waals surface area (Å²) in [7, 11) is 1.62. The van der Waals surface area contributed by atoms with Gasteiger partial charge in [0, 0.05) is 22.9 Å². The number of carbonyl (C=O) groups is 1. The van der Waals surface area contributed by atoms with Crippen LogP contribution in [0.3, 0.4) is 0 Å². The molecule has 0 saturated carbocycles. The van der Waals surface area contributed by atoms with Crippen LogP contribution in [0.5, 0.6) is 17.2 Å². The van der Waals surface area contributed by atoms with E-state index < -0.39 is 0 Å². The summed E-state index contributed by atoms with van der Waals surface area (Å²) in [5.41, 5.74) is 4.67. The SMILES string of the molecule is CCOc1ccc(C=NNC(=O)CSc2nnc(-c3ccc(OC)cc3)n2-c2ccccc2)c(O)c1. The predicted octanol–water partition coefficient (Wildman–Crippen LogP) is 4.29. The number of methoxy groups -OCH3 is 1. The van der Waals surface area contributed by atoms with E-state index >= 15 is 0 Å². The number of aromatic hydroxyl groups is 1. The molecule has 0 aliphatic carbocycles. The Hall–Kier alpha value is -4.31. The quantitative estimate of drug-likeness (QED) is 0.189. The molecular weight excluding hydrogens is 478 g/mol. The van der Waals surface area contributed by atoms with E-state index in [1.807, 2.05) is 66.1 Å². The minimum absolute atomic E-state index is 0.00958. The van der Waals surface area contributed by atoms with Gasteiger partial charge in [0.05, 0.1) is 25.7 Å². The van der Waals surface area contributed by atoms with E-state index in [4.69, 9.17) is 9.47 Å². The molecule has 10 heteroatoms. The summed E-state index contributed by atoms with van der Waals surface area (Å²) in [6, 6.07) is 22.1. The minimum atomic E-state index is -0.324. The molecule has 4 aromatic rings. The molecule has 3 aromatic carbocycles. The summed E-state index contributed by atoms with van der Waals surface area (Å²) < 4.78 is 12.5. The first-order valence-corrected chi connectivity index (χ1v) is 12.1. The highest BCUT2D eigenvalue weighted by Crippen LogP contribution is 2.29. The van der Waals surface area contributed by atoms with Gasteiger partial charge in [0.25, 0.3) is 5.91 Å². The molecule has 36 heavy (non-hydrogen) atoms. The van der Waals surface area contributed by atoms with Gasteiger partial charge in [-0.1, -0.05) is 30.0 Å². The number of nitrogens with one attached hydrogen (secondary N) is 1. The van der Waals surface area contributed by atoms with Gasteiger partial charge in [-0.25, -0.2) is 5.43 Å². The monoisotopic (exact) mass is 503 g/mol. The standard InChI is InChI=1S/C26H25N5O4S/c1-3-35-22-14-11-19(23(32)15-22)16-27-28-24(33)17-36-26-30-29-25(18-9-12-21(34-2)13-10-18)31(26)20-7-5-4-6-8-20/h4-16,32H,3,17H2,1-2H3,(H,28,33). The molecule has 0 saturated heterocycles. The van der Waals surface area contributed by atoms with Crippen molar-refractivity contribution in [2.24, 2.45) is 5.10 Å². The maximum atomic E-state index is 12.4. The van der Waals surface area contributed by atoms with Crippen molar-refractivity contribution in [2.75, 3.05) is 19.5 Å². The largest absolute Gasteiger partial charge is 0.507 e. The predicted molar refractivity (Wildman–Crippen MR) is 139 cm³/mol. The third kappa shape index (κ3) is 6.02. The molecule has 4 rings (SSSR count). The van der Waals surface area contributed by atoms with Crippen LogP contribution in [0.15, 0.2) is 83.1 Å². The first-order valence-electron chi connectivity index (χ1n) is 11.1. The molecule has 0 radical (unpaired) electrons. The van der Waals surface area contributed by atoms with Crippen LogP contribution < -0.4 is 14.9 Å². The van der Waals surface area contributed by atoms with Crippen molar-refractivity contribution < 1.29 is 19.4 Å². The van der Waals surface area contributed by atoms with Gasteiger partial charge in [0.1, 0.15) is 17.2 Å². The summed E-state index contributed by atoms with van der Waals surface area (Å²) in [5, 5.41) is 23.3. The van der Waals surface area contributed by atoms with Crippen molar-refractivity contribution >= 4 is 23.9 Å².